The molecule has 0 saturated carbocycles. The lowest BCUT2D eigenvalue weighted by Gasteiger charge is -2.17. The van der Waals surface area contributed by atoms with Gasteiger partial charge in [0.05, 0.1) is 12.8 Å². The number of aliphatic hydroxyl groups is 1. The summed E-state index contributed by atoms with van der Waals surface area (Å²) in [5.74, 6) is 1.17. The molecule has 0 radical (unpaired) electrons. The van der Waals surface area contributed by atoms with E-state index in [0.717, 1.165) is 12.0 Å². The topological polar surface area (TPSA) is 55.5 Å². The molecule has 0 bridgehead atoms. The molecule has 0 saturated heterocycles. The predicted molar refractivity (Wildman–Crippen MR) is 86.5 cm³/mol. The van der Waals surface area contributed by atoms with E-state index in [-0.39, 0.29) is 0 Å². The lowest BCUT2D eigenvalue weighted by molar-refractivity contribution is 0.220. The SMILES string of the molecule is COc1cccc(C(O)c2cccc(CC(C)C)c2)c1N. The highest BCUT2D eigenvalue weighted by atomic mass is 16.5. The van der Waals surface area contributed by atoms with E-state index in [1.54, 1.807) is 13.2 Å². The Kier molecular flexibility index (Phi) is 4.86. The van der Waals surface area contributed by atoms with Gasteiger partial charge in [-0.3, -0.25) is 0 Å². The number of ether oxygens (including phenoxy) is 1. The molecule has 2 rings (SSSR count). The van der Waals surface area contributed by atoms with Crippen LogP contribution < -0.4 is 10.5 Å². The van der Waals surface area contributed by atoms with Gasteiger partial charge in [-0.05, 0) is 29.5 Å². The van der Waals surface area contributed by atoms with Gasteiger partial charge in [0.25, 0.3) is 0 Å². The number of hydrogen-bond donors (Lipinski definition) is 2. The van der Waals surface area contributed by atoms with Gasteiger partial charge in [0.2, 0.25) is 0 Å². The maximum Gasteiger partial charge on any atom is 0.142 e. The number of rotatable bonds is 5. The van der Waals surface area contributed by atoms with Crippen molar-refractivity contribution in [3.8, 4) is 5.75 Å². The van der Waals surface area contributed by atoms with Crippen molar-refractivity contribution in [1.82, 2.24) is 0 Å². The molecule has 0 amide bonds. The molecule has 0 aliphatic rings. The van der Waals surface area contributed by atoms with Crippen LogP contribution in [-0.4, -0.2) is 12.2 Å². The normalized spacial score (nSPS) is 12.4. The molecular weight excluding hydrogens is 262 g/mol. The quantitative estimate of drug-likeness (QED) is 0.826. The van der Waals surface area contributed by atoms with E-state index in [1.165, 1.54) is 5.56 Å². The van der Waals surface area contributed by atoms with Crippen LogP contribution >= 0.6 is 0 Å². The average molecular weight is 285 g/mol. The summed E-state index contributed by atoms with van der Waals surface area (Å²) < 4.78 is 5.21. The van der Waals surface area contributed by atoms with Crippen LogP contribution in [0.25, 0.3) is 0 Å². The van der Waals surface area contributed by atoms with Crippen LogP contribution in [0.5, 0.6) is 5.75 Å². The maximum absolute atomic E-state index is 10.6. The summed E-state index contributed by atoms with van der Waals surface area (Å²) >= 11 is 0. The summed E-state index contributed by atoms with van der Waals surface area (Å²) in [5, 5.41) is 10.6. The summed E-state index contributed by atoms with van der Waals surface area (Å²) in [6.45, 7) is 4.37. The van der Waals surface area contributed by atoms with Crippen molar-refractivity contribution >= 4 is 5.69 Å². The number of hydrogen-bond acceptors (Lipinski definition) is 3. The molecule has 0 aliphatic carbocycles. The third-order valence-corrected chi connectivity index (χ3v) is 3.53. The molecule has 3 nitrogen and oxygen atoms in total. The van der Waals surface area contributed by atoms with Gasteiger partial charge in [0.15, 0.2) is 0 Å². The summed E-state index contributed by atoms with van der Waals surface area (Å²) in [6.07, 6.45) is 0.251. The standard InChI is InChI=1S/C18H23NO2/c1-12(2)10-13-6-4-7-14(11-13)18(20)15-8-5-9-16(21-3)17(15)19/h4-9,11-12,18,20H,10,19H2,1-3H3. The second kappa shape index (κ2) is 6.64. The van der Waals surface area contributed by atoms with Gasteiger partial charge in [0.1, 0.15) is 11.9 Å². The second-order valence-electron chi connectivity index (χ2n) is 5.71. The van der Waals surface area contributed by atoms with Crippen LogP contribution in [0.3, 0.4) is 0 Å². The van der Waals surface area contributed by atoms with E-state index < -0.39 is 6.10 Å². The zero-order chi connectivity index (χ0) is 15.4. The van der Waals surface area contributed by atoms with Crippen molar-refractivity contribution in [1.29, 1.82) is 0 Å². The van der Waals surface area contributed by atoms with E-state index in [0.29, 0.717) is 22.9 Å². The Morgan fingerprint density at radius 1 is 1.14 bits per heavy atom. The van der Waals surface area contributed by atoms with E-state index in [2.05, 4.69) is 19.9 Å². The third-order valence-electron chi connectivity index (χ3n) is 3.53. The zero-order valence-electron chi connectivity index (χ0n) is 12.8. The molecule has 0 spiro atoms. The number of nitrogen functional groups attached to an aromatic ring is 1. The summed E-state index contributed by atoms with van der Waals surface area (Å²) in [7, 11) is 1.57. The minimum absolute atomic E-state index is 0.488. The lowest BCUT2D eigenvalue weighted by atomic mass is 9.95. The summed E-state index contributed by atoms with van der Waals surface area (Å²) in [6, 6.07) is 13.5. The number of para-hydroxylation sites is 1. The first-order valence-electron chi connectivity index (χ1n) is 7.22. The van der Waals surface area contributed by atoms with Gasteiger partial charge < -0.3 is 15.6 Å². The summed E-state index contributed by atoms with van der Waals surface area (Å²) in [4.78, 5) is 0. The first kappa shape index (κ1) is 15.4. The van der Waals surface area contributed by atoms with E-state index in [4.69, 9.17) is 10.5 Å². The Hall–Kier alpha value is -2.00. The van der Waals surface area contributed by atoms with Crippen molar-refractivity contribution < 1.29 is 9.84 Å². The fraction of sp³-hybridized carbons (Fsp3) is 0.333. The first-order valence-corrected chi connectivity index (χ1v) is 7.22. The largest absolute Gasteiger partial charge is 0.495 e. The van der Waals surface area contributed by atoms with Crippen LogP contribution in [0.1, 0.15) is 36.6 Å². The van der Waals surface area contributed by atoms with Crippen molar-refractivity contribution in [2.45, 2.75) is 26.4 Å². The lowest BCUT2D eigenvalue weighted by Crippen LogP contribution is -2.06. The molecular formula is C18H23NO2. The fourth-order valence-corrected chi connectivity index (χ4v) is 2.52. The van der Waals surface area contributed by atoms with Crippen LogP contribution in [-0.2, 0) is 6.42 Å². The van der Waals surface area contributed by atoms with Gasteiger partial charge in [0, 0.05) is 5.56 Å². The molecule has 0 aliphatic heterocycles. The number of methoxy groups -OCH3 is 1. The van der Waals surface area contributed by atoms with Crippen molar-refractivity contribution in [2.75, 3.05) is 12.8 Å². The number of nitrogens with two attached hydrogens (primary N) is 1. The molecule has 0 fully saturated rings. The third kappa shape index (κ3) is 3.56. The molecule has 1 unspecified atom stereocenters. The van der Waals surface area contributed by atoms with E-state index >= 15 is 0 Å². The molecule has 0 aromatic heterocycles. The van der Waals surface area contributed by atoms with Crippen molar-refractivity contribution in [2.24, 2.45) is 5.92 Å². The highest BCUT2D eigenvalue weighted by Crippen LogP contribution is 2.33. The molecule has 3 heteroatoms. The van der Waals surface area contributed by atoms with Crippen LogP contribution in [0, 0.1) is 5.92 Å². The van der Waals surface area contributed by atoms with Gasteiger partial charge in [-0.2, -0.15) is 0 Å². The predicted octanol–water partition coefficient (Wildman–Crippen LogP) is 3.56. The monoisotopic (exact) mass is 285 g/mol. The number of aliphatic hydroxyl groups excluding tert-OH is 1. The van der Waals surface area contributed by atoms with E-state index in [1.807, 2.05) is 30.3 Å². The summed E-state index contributed by atoms with van der Waals surface area (Å²) in [5.41, 5.74) is 9.31. The van der Waals surface area contributed by atoms with Gasteiger partial charge in [-0.15, -0.1) is 0 Å². The molecule has 0 heterocycles. The van der Waals surface area contributed by atoms with Crippen LogP contribution in [0.4, 0.5) is 5.69 Å². The Balaban J connectivity index is 2.34. The van der Waals surface area contributed by atoms with Gasteiger partial charge >= 0.3 is 0 Å². The van der Waals surface area contributed by atoms with Crippen molar-refractivity contribution in [3.63, 3.8) is 0 Å². The Morgan fingerprint density at radius 3 is 2.52 bits per heavy atom. The zero-order valence-corrected chi connectivity index (χ0v) is 12.8. The highest BCUT2D eigenvalue weighted by Gasteiger charge is 2.16. The fourth-order valence-electron chi connectivity index (χ4n) is 2.52. The Bertz CT molecular complexity index is 608. The second-order valence-corrected chi connectivity index (χ2v) is 5.71. The van der Waals surface area contributed by atoms with E-state index in [9.17, 15) is 5.11 Å². The smallest absolute Gasteiger partial charge is 0.142 e. The maximum atomic E-state index is 10.6. The molecule has 1 atom stereocenters. The molecule has 112 valence electrons. The Labute approximate surface area is 126 Å². The minimum atomic E-state index is -0.743. The first-order chi connectivity index (χ1) is 10.0. The van der Waals surface area contributed by atoms with Gasteiger partial charge in [-0.1, -0.05) is 50.2 Å². The minimum Gasteiger partial charge on any atom is -0.495 e. The van der Waals surface area contributed by atoms with Gasteiger partial charge in [-0.25, -0.2) is 0 Å². The molecule has 2 aromatic carbocycles. The highest BCUT2D eigenvalue weighted by molar-refractivity contribution is 5.60. The Morgan fingerprint density at radius 2 is 1.86 bits per heavy atom. The molecule has 21 heavy (non-hydrogen) atoms. The van der Waals surface area contributed by atoms with Crippen molar-refractivity contribution in [3.05, 3.63) is 59.2 Å². The molecule has 3 N–H and O–H groups in total. The van der Waals surface area contributed by atoms with Crippen LogP contribution in [0.15, 0.2) is 42.5 Å². The number of benzene rings is 2. The average Bonchev–Trinajstić information content (AvgIpc) is 2.46. The molecule has 2 aromatic rings. The number of anilines is 1. The van der Waals surface area contributed by atoms with Crippen LogP contribution in [0.2, 0.25) is 0 Å².